The molecule has 4 aromatic carbocycles. The lowest BCUT2D eigenvalue weighted by Crippen LogP contribution is -2.49. The first kappa shape index (κ1) is 27.8. The molecule has 8 heteroatoms. The molecular weight excluding hydrogens is 542 g/mol. The SMILES string of the molecule is O=C(/C=C/c1ccc(Cl)cc1)Nc1ccc(S(=O)(=O)N2CCN(C(c3ccccc3)c3ccccc3)CC2)cc1. The summed E-state index contributed by atoms with van der Waals surface area (Å²) in [5, 5.41) is 3.39. The van der Waals surface area contributed by atoms with E-state index in [-0.39, 0.29) is 16.8 Å². The number of piperazine rings is 1. The van der Waals surface area contributed by atoms with Crippen LogP contribution in [0.25, 0.3) is 6.08 Å². The summed E-state index contributed by atoms with van der Waals surface area (Å²) in [6.07, 6.45) is 3.11. The van der Waals surface area contributed by atoms with Gasteiger partial charge in [-0.1, -0.05) is 84.4 Å². The zero-order valence-electron chi connectivity index (χ0n) is 21.9. The van der Waals surface area contributed by atoms with Crippen molar-refractivity contribution < 1.29 is 13.2 Å². The molecule has 5 rings (SSSR count). The molecule has 0 aliphatic carbocycles. The van der Waals surface area contributed by atoms with Crippen LogP contribution in [0.3, 0.4) is 0 Å². The monoisotopic (exact) mass is 571 g/mol. The minimum Gasteiger partial charge on any atom is -0.323 e. The first-order chi connectivity index (χ1) is 19.4. The molecule has 0 radical (unpaired) electrons. The second-order valence-electron chi connectivity index (χ2n) is 9.56. The number of halogens is 1. The molecule has 40 heavy (non-hydrogen) atoms. The van der Waals surface area contributed by atoms with E-state index in [1.165, 1.54) is 29.3 Å². The van der Waals surface area contributed by atoms with E-state index in [4.69, 9.17) is 11.6 Å². The summed E-state index contributed by atoms with van der Waals surface area (Å²) in [4.78, 5) is 14.9. The molecule has 1 heterocycles. The van der Waals surface area contributed by atoms with Gasteiger partial charge in [0.05, 0.1) is 10.9 Å². The predicted octanol–water partition coefficient (Wildman–Crippen LogP) is 6.09. The molecule has 1 saturated heterocycles. The first-order valence-electron chi connectivity index (χ1n) is 13.1. The number of nitrogens with one attached hydrogen (secondary N) is 1. The van der Waals surface area contributed by atoms with Gasteiger partial charge in [0.25, 0.3) is 0 Å². The van der Waals surface area contributed by atoms with Crippen LogP contribution >= 0.6 is 11.6 Å². The molecule has 0 unspecified atom stereocenters. The standard InChI is InChI=1S/C32H30ClN3O3S/c33-28-14-11-25(12-15-28)13-20-31(37)34-29-16-18-30(19-17-29)40(38,39)36-23-21-35(22-24-36)32(26-7-3-1-4-8-26)27-9-5-2-6-10-27/h1-20,32H,21-24H2,(H,34,37)/b20-13+. The Labute approximate surface area is 240 Å². The fourth-order valence-electron chi connectivity index (χ4n) is 4.88. The summed E-state index contributed by atoms with van der Waals surface area (Å²) in [6, 6.07) is 34.1. The maximum Gasteiger partial charge on any atom is 0.248 e. The molecule has 1 aliphatic rings. The van der Waals surface area contributed by atoms with Crippen LogP contribution in [0.5, 0.6) is 0 Å². The summed E-state index contributed by atoms with van der Waals surface area (Å²) >= 11 is 5.89. The number of carbonyl (C=O) groups is 1. The quantitative estimate of drug-likeness (QED) is 0.260. The highest BCUT2D eigenvalue weighted by Gasteiger charge is 2.32. The molecule has 0 spiro atoms. The van der Waals surface area contributed by atoms with Crippen molar-refractivity contribution >= 4 is 39.3 Å². The van der Waals surface area contributed by atoms with Crippen LogP contribution in [0.15, 0.2) is 120 Å². The summed E-state index contributed by atoms with van der Waals surface area (Å²) in [6.45, 7) is 2.02. The third-order valence-electron chi connectivity index (χ3n) is 6.93. The van der Waals surface area contributed by atoms with Crippen molar-refractivity contribution in [2.75, 3.05) is 31.5 Å². The van der Waals surface area contributed by atoms with Gasteiger partial charge in [-0.15, -0.1) is 0 Å². The van der Waals surface area contributed by atoms with Gasteiger partial charge in [-0.2, -0.15) is 4.31 Å². The summed E-state index contributed by atoms with van der Waals surface area (Å²) < 4.78 is 28.4. The zero-order valence-corrected chi connectivity index (χ0v) is 23.4. The number of hydrogen-bond acceptors (Lipinski definition) is 4. The number of amides is 1. The van der Waals surface area contributed by atoms with Crippen molar-refractivity contribution in [2.24, 2.45) is 0 Å². The van der Waals surface area contributed by atoms with Crippen LogP contribution in [0.2, 0.25) is 5.02 Å². The number of sulfonamides is 1. The van der Waals surface area contributed by atoms with E-state index in [1.54, 1.807) is 34.6 Å². The van der Waals surface area contributed by atoms with E-state index >= 15 is 0 Å². The van der Waals surface area contributed by atoms with Crippen LogP contribution in [0.4, 0.5) is 5.69 Å². The normalized spacial score (nSPS) is 14.9. The van der Waals surface area contributed by atoms with Crippen molar-refractivity contribution in [1.82, 2.24) is 9.21 Å². The van der Waals surface area contributed by atoms with E-state index < -0.39 is 10.0 Å². The van der Waals surface area contributed by atoms with Gasteiger partial charge in [0, 0.05) is 43.0 Å². The molecular formula is C32H30ClN3O3S. The highest BCUT2D eigenvalue weighted by molar-refractivity contribution is 7.89. The predicted molar refractivity (Wildman–Crippen MR) is 161 cm³/mol. The topological polar surface area (TPSA) is 69.7 Å². The van der Waals surface area contributed by atoms with Gasteiger partial charge >= 0.3 is 0 Å². The maximum atomic E-state index is 13.4. The van der Waals surface area contributed by atoms with E-state index in [1.807, 2.05) is 48.5 Å². The molecule has 1 fully saturated rings. The minimum atomic E-state index is -3.67. The molecule has 0 saturated carbocycles. The third kappa shape index (κ3) is 6.69. The van der Waals surface area contributed by atoms with Crippen LogP contribution in [-0.2, 0) is 14.8 Å². The van der Waals surface area contributed by atoms with Gasteiger partial charge in [0.2, 0.25) is 15.9 Å². The van der Waals surface area contributed by atoms with Gasteiger partial charge in [0.1, 0.15) is 0 Å². The number of carbonyl (C=O) groups excluding carboxylic acids is 1. The zero-order chi connectivity index (χ0) is 28.0. The number of nitrogens with zero attached hydrogens (tertiary/aromatic N) is 2. The number of hydrogen-bond donors (Lipinski definition) is 1. The highest BCUT2D eigenvalue weighted by atomic mass is 35.5. The molecule has 0 aromatic heterocycles. The second kappa shape index (κ2) is 12.6. The molecule has 0 bridgehead atoms. The molecule has 204 valence electrons. The Hall–Kier alpha value is -3.75. The Bertz CT molecular complexity index is 1510. The van der Waals surface area contributed by atoms with Crippen LogP contribution in [-0.4, -0.2) is 49.7 Å². The van der Waals surface area contributed by atoms with Gasteiger partial charge in [0.15, 0.2) is 0 Å². The van der Waals surface area contributed by atoms with E-state index in [0.29, 0.717) is 36.9 Å². The fourth-order valence-corrected chi connectivity index (χ4v) is 6.42. The van der Waals surface area contributed by atoms with Crippen molar-refractivity contribution in [3.8, 4) is 0 Å². The van der Waals surface area contributed by atoms with Crippen LogP contribution in [0, 0.1) is 0 Å². The van der Waals surface area contributed by atoms with Gasteiger partial charge in [-0.25, -0.2) is 8.42 Å². The highest BCUT2D eigenvalue weighted by Crippen LogP contribution is 2.30. The molecule has 1 N–H and O–H groups in total. The summed E-state index contributed by atoms with van der Waals surface area (Å²) in [7, 11) is -3.67. The van der Waals surface area contributed by atoms with Crippen molar-refractivity contribution in [3.05, 3.63) is 137 Å². The summed E-state index contributed by atoms with van der Waals surface area (Å²) in [5.74, 6) is -0.312. The summed E-state index contributed by atoms with van der Waals surface area (Å²) in [5.41, 5.74) is 3.74. The molecule has 1 aliphatic heterocycles. The molecule has 4 aromatic rings. The largest absolute Gasteiger partial charge is 0.323 e. The molecule has 0 atom stereocenters. The Kier molecular flexibility index (Phi) is 8.77. The van der Waals surface area contributed by atoms with Gasteiger partial charge in [-0.05, 0) is 59.2 Å². The van der Waals surface area contributed by atoms with Gasteiger partial charge in [-0.3, -0.25) is 9.69 Å². The van der Waals surface area contributed by atoms with Crippen molar-refractivity contribution in [2.45, 2.75) is 10.9 Å². The van der Waals surface area contributed by atoms with Crippen molar-refractivity contribution in [1.29, 1.82) is 0 Å². The van der Waals surface area contributed by atoms with E-state index in [2.05, 4.69) is 34.5 Å². The average molecular weight is 572 g/mol. The lowest BCUT2D eigenvalue weighted by molar-refractivity contribution is -0.111. The average Bonchev–Trinajstić information content (AvgIpc) is 2.99. The van der Waals surface area contributed by atoms with Crippen molar-refractivity contribution in [3.63, 3.8) is 0 Å². The second-order valence-corrected chi connectivity index (χ2v) is 11.9. The lowest BCUT2D eigenvalue weighted by atomic mass is 9.96. The maximum absolute atomic E-state index is 13.4. The fraction of sp³-hybridized carbons (Fsp3) is 0.156. The smallest absolute Gasteiger partial charge is 0.248 e. The Morgan fingerprint density at radius 2 is 1.30 bits per heavy atom. The molecule has 1 amide bonds. The number of anilines is 1. The Morgan fingerprint density at radius 3 is 1.85 bits per heavy atom. The van der Waals surface area contributed by atoms with E-state index in [9.17, 15) is 13.2 Å². The molecule has 6 nitrogen and oxygen atoms in total. The minimum absolute atomic E-state index is 0.0592. The van der Waals surface area contributed by atoms with E-state index in [0.717, 1.165) is 5.56 Å². The van der Waals surface area contributed by atoms with Gasteiger partial charge < -0.3 is 5.32 Å². The Morgan fingerprint density at radius 1 is 0.750 bits per heavy atom. The number of rotatable bonds is 8. The lowest BCUT2D eigenvalue weighted by Gasteiger charge is -2.39. The third-order valence-corrected chi connectivity index (χ3v) is 9.09. The first-order valence-corrected chi connectivity index (χ1v) is 14.9. The number of benzene rings is 4. The Balaban J connectivity index is 1.22. The van der Waals surface area contributed by atoms with Crippen LogP contribution < -0.4 is 5.32 Å². The van der Waals surface area contributed by atoms with Crippen LogP contribution in [0.1, 0.15) is 22.7 Å².